The number of Topliss-reactive ketones (excluding diaryl/α,β-unsaturated/α-hetero) is 1. The van der Waals surface area contributed by atoms with Crippen LogP contribution in [0, 0.1) is 17.3 Å². The van der Waals surface area contributed by atoms with Crippen LogP contribution >= 0.6 is 23.2 Å². The average Bonchev–Trinajstić information content (AvgIpc) is 3.47. The van der Waals surface area contributed by atoms with Crippen LogP contribution in [0.5, 0.6) is 0 Å². The number of fused-ring (bicyclic) bond motifs is 1. The van der Waals surface area contributed by atoms with E-state index in [0.717, 1.165) is 27.8 Å². The summed E-state index contributed by atoms with van der Waals surface area (Å²) in [7, 11) is 0. The summed E-state index contributed by atoms with van der Waals surface area (Å²) in [5.41, 5.74) is 4.88. The lowest BCUT2D eigenvalue weighted by Gasteiger charge is -2.13. The molecule has 0 saturated carbocycles. The Labute approximate surface area is 242 Å². The van der Waals surface area contributed by atoms with Gasteiger partial charge in [0.15, 0.2) is 5.69 Å². The highest BCUT2D eigenvalue weighted by molar-refractivity contribution is 6.39. The number of halogens is 2. The first-order chi connectivity index (χ1) is 19.1. The number of hydrogen-bond donors (Lipinski definition) is 1. The van der Waals surface area contributed by atoms with E-state index >= 15 is 0 Å². The number of hydrogen-bond acceptors (Lipinski definition) is 7. The first kappa shape index (κ1) is 30.6. The van der Waals surface area contributed by atoms with E-state index in [-0.39, 0.29) is 12.5 Å². The second-order valence-electron chi connectivity index (χ2n) is 8.93. The summed E-state index contributed by atoms with van der Waals surface area (Å²) in [6, 6.07) is 18.8. The summed E-state index contributed by atoms with van der Waals surface area (Å²) < 4.78 is 5.22. The van der Waals surface area contributed by atoms with Gasteiger partial charge in [0.05, 0.1) is 15.7 Å². The average molecular weight is 585 g/mol. The Kier molecular flexibility index (Phi) is 11.0. The molecular weight excluding hydrogens is 553 g/mol. The molecule has 0 fully saturated rings. The molecule has 9 nitrogen and oxygen atoms in total. The number of rotatable bonds is 6. The van der Waals surface area contributed by atoms with Crippen LogP contribution in [0.4, 0.5) is 11.4 Å². The Morgan fingerprint density at radius 1 is 1.02 bits per heavy atom. The lowest BCUT2D eigenvalue weighted by atomic mass is 10.1. The number of nitrogens with zero attached hydrogens (tertiary/aromatic N) is 4. The van der Waals surface area contributed by atoms with Gasteiger partial charge in [0.1, 0.15) is 11.1 Å². The third-order valence-electron chi connectivity index (χ3n) is 5.99. The normalized spacial score (nSPS) is 11.4. The molecule has 4 aromatic rings. The third-order valence-corrected chi connectivity index (χ3v) is 6.62. The van der Waals surface area contributed by atoms with E-state index in [1.54, 1.807) is 32.0 Å². The molecule has 0 saturated heterocycles. The van der Waals surface area contributed by atoms with Gasteiger partial charge < -0.3 is 15.7 Å². The molecule has 1 aliphatic rings. The molecule has 0 atom stereocenters. The zero-order valence-electron chi connectivity index (χ0n) is 22.8. The van der Waals surface area contributed by atoms with E-state index in [4.69, 9.17) is 23.2 Å². The van der Waals surface area contributed by atoms with Crippen molar-refractivity contribution in [1.82, 2.24) is 9.90 Å². The summed E-state index contributed by atoms with van der Waals surface area (Å²) in [6.07, 6.45) is 2.01. The van der Waals surface area contributed by atoms with Gasteiger partial charge in [-0.2, -0.15) is 4.74 Å². The van der Waals surface area contributed by atoms with E-state index in [2.05, 4.69) is 27.0 Å². The number of nitrogens with one attached hydrogen (secondary N) is 1. The van der Waals surface area contributed by atoms with E-state index < -0.39 is 0 Å². The van der Waals surface area contributed by atoms with Gasteiger partial charge in [0.25, 0.3) is 0 Å². The van der Waals surface area contributed by atoms with Gasteiger partial charge in [-0.15, -0.1) is 0 Å². The molecule has 0 unspecified atom stereocenters. The van der Waals surface area contributed by atoms with E-state index in [1.165, 1.54) is 5.56 Å². The molecule has 1 aromatic heterocycles. The number of carbonyl (C=O) groups is 1. The van der Waals surface area contributed by atoms with Crippen LogP contribution in [-0.2, 0) is 24.1 Å². The first-order valence-electron chi connectivity index (χ1n) is 12.7. The van der Waals surface area contributed by atoms with Crippen molar-refractivity contribution in [3.8, 4) is 0 Å². The first-order valence-corrected chi connectivity index (χ1v) is 13.5. The number of carbonyl (C=O) groups excluding carboxylic acids is 1. The maximum atomic E-state index is 11.3. The smallest absolute Gasteiger partial charge is 0.247 e. The number of hydroxylamine groups is 1. The third kappa shape index (κ3) is 8.03. The maximum absolute atomic E-state index is 11.3. The topological polar surface area (TPSA) is 121 Å². The summed E-state index contributed by atoms with van der Waals surface area (Å²) in [4.78, 5) is 15.8. The minimum absolute atomic E-state index is 0.111. The predicted octanol–water partition coefficient (Wildman–Crippen LogP) is 4.88. The maximum Gasteiger partial charge on any atom is 0.247 e. The van der Waals surface area contributed by atoms with Crippen molar-refractivity contribution < 1.29 is 14.3 Å². The molecule has 3 aromatic carbocycles. The van der Waals surface area contributed by atoms with Crippen molar-refractivity contribution in [3.63, 3.8) is 0 Å². The summed E-state index contributed by atoms with van der Waals surface area (Å²) >= 11 is 12.2. The summed E-state index contributed by atoms with van der Waals surface area (Å²) in [5.74, 6) is 0.111. The van der Waals surface area contributed by atoms with E-state index in [1.807, 2.05) is 49.4 Å². The van der Waals surface area contributed by atoms with Gasteiger partial charge in [-0.1, -0.05) is 67.4 Å². The number of benzene rings is 3. The van der Waals surface area contributed by atoms with Crippen molar-refractivity contribution in [2.45, 2.75) is 47.0 Å². The second-order valence-corrected chi connectivity index (χ2v) is 9.74. The monoisotopic (exact) mass is 583 g/mol. The molecule has 11 heteroatoms. The van der Waals surface area contributed by atoms with Crippen molar-refractivity contribution in [3.05, 3.63) is 114 Å². The molecule has 5 rings (SSSR count). The molecule has 0 radical (unpaired) electrons. The molecule has 40 heavy (non-hydrogen) atoms. The van der Waals surface area contributed by atoms with E-state index in [9.17, 15) is 15.2 Å². The van der Waals surface area contributed by atoms with Gasteiger partial charge in [-0.25, -0.2) is 4.99 Å². The molecule has 0 bridgehead atoms. The van der Waals surface area contributed by atoms with Gasteiger partial charge in [0.2, 0.25) is 17.7 Å². The Morgan fingerprint density at radius 3 is 2.30 bits per heavy atom. The molecule has 0 amide bonds. The molecule has 1 aliphatic heterocycles. The fourth-order valence-corrected chi connectivity index (χ4v) is 4.36. The minimum Gasteiger partial charge on any atom is -0.622 e. The van der Waals surface area contributed by atoms with Gasteiger partial charge >= 0.3 is 0 Å². The summed E-state index contributed by atoms with van der Waals surface area (Å²) in [5, 5.41) is 31.0. The van der Waals surface area contributed by atoms with Crippen molar-refractivity contribution >= 4 is 40.4 Å². The minimum atomic E-state index is 0.111. The fraction of sp³-hybridized carbons (Fsp3) is 0.276. The Bertz CT molecular complexity index is 1560. The predicted molar refractivity (Wildman–Crippen MR) is 156 cm³/mol. The van der Waals surface area contributed by atoms with Crippen molar-refractivity contribution in [2.24, 2.45) is 4.99 Å². The lowest BCUT2D eigenvalue weighted by Crippen LogP contribution is -2.30. The van der Waals surface area contributed by atoms with Gasteiger partial charge in [0, 0.05) is 36.7 Å². The van der Waals surface area contributed by atoms with Gasteiger partial charge in [-0.3, -0.25) is 9.42 Å². The van der Waals surface area contributed by atoms with Crippen molar-refractivity contribution in [2.75, 3.05) is 12.0 Å². The highest BCUT2D eigenvalue weighted by atomic mass is 35.5. The Morgan fingerprint density at radius 2 is 1.73 bits per heavy atom. The zero-order chi connectivity index (χ0) is 29.2. The fourth-order valence-electron chi connectivity index (χ4n) is 3.87. The van der Waals surface area contributed by atoms with Crippen LogP contribution in [0.3, 0.4) is 0 Å². The second kappa shape index (κ2) is 14.4. The molecule has 0 aliphatic carbocycles. The standard InChI is InChI=1S/C15H13Cl2NO.C9H10N2O.C5H8N2O2/c1-10(19)9-11-5-2-3-8-14(11)18-15-12(16)6-4-7-13(15)17;1-2-7-3-4-8-9(5-7)11(12)6-10-8;1-3-5-4(2)6-9-7(5)8/h2-8,18H,9H2,1H3;3-5H,2,6H2,1H3;3H2,1-2H3. The lowest BCUT2D eigenvalue weighted by molar-refractivity contribution is -0.807. The van der Waals surface area contributed by atoms with Crippen LogP contribution in [0.2, 0.25) is 10.0 Å². The molecular formula is C29H31Cl2N5O4. The Hall–Kier alpha value is -3.95. The molecule has 0 spiro atoms. The summed E-state index contributed by atoms with van der Waals surface area (Å²) in [6.45, 7) is 7.52. The number of aryl methyl sites for hydroxylation is 2. The molecule has 210 valence electrons. The molecule has 2 heterocycles. The number of aromatic nitrogens is 2. The number of para-hydroxylation sites is 2. The molecule has 1 N–H and O–H groups in total. The van der Waals surface area contributed by atoms with Crippen LogP contribution in [-0.4, -0.2) is 17.6 Å². The van der Waals surface area contributed by atoms with Crippen LogP contribution < -0.4 is 25.7 Å². The number of ketones is 1. The zero-order valence-corrected chi connectivity index (χ0v) is 24.3. The SMILES string of the molecule is CC(=O)Cc1ccccc1Nc1c(Cl)cccc1Cl.CCc1c(C)no[n+]1[O-].CCc1ccc2c(c1)=[N+]([O-])CN=2. The van der Waals surface area contributed by atoms with Crippen molar-refractivity contribution in [1.29, 1.82) is 0 Å². The van der Waals surface area contributed by atoms with E-state index in [0.29, 0.717) is 50.2 Å². The van der Waals surface area contributed by atoms with Crippen LogP contribution in [0.25, 0.3) is 0 Å². The van der Waals surface area contributed by atoms with Crippen LogP contribution in [0.1, 0.15) is 43.3 Å². The highest BCUT2D eigenvalue weighted by Crippen LogP contribution is 2.33. The highest BCUT2D eigenvalue weighted by Gasteiger charge is 2.11. The van der Waals surface area contributed by atoms with Gasteiger partial charge in [-0.05, 0) is 53.6 Å². The van der Waals surface area contributed by atoms with Crippen LogP contribution in [0.15, 0.2) is 70.3 Å². The number of anilines is 2. The quantitative estimate of drug-likeness (QED) is 0.255. The largest absolute Gasteiger partial charge is 0.622 e. The Balaban J connectivity index is 0.000000179.